The first-order valence-electron chi connectivity index (χ1n) is 10.2. The molecule has 2 rings (SSSR count). The number of rotatable bonds is 12. The van der Waals surface area contributed by atoms with E-state index in [1.54, 1.807) is 0 Å². The summed E-state index contributed by atoms with van der Waals surface area (Å²) >= 11 is 0. The average Bonchev–Trinajstić information content (AvgIpc) is 2.65. The molecule has 3 atom stereocenters. The van der Waals surface area contributed by atoms with Crippen molar-refractivity contribution in [1.82, 2.24) is 0 Å². The molecule has 1 fully saturated rings. The number of unbranched alkanes of at least 4 members (excludes halogenated alkanes) is 3. The maximum Gasteiger partial charge on any atom is 0.158 e. The van der Waals surface area contributed by atoms with E-state index in [1.807, 2.05) is 18.2 Å². The smallest absolute Gasteiger partial charge is 0.158 e. The second kappa shape index (κ2) is 12.5. The van der Waals surface area contributed by atoms with Gasteiger partial charge in [-0.2, -0.15) is 0 Å². The highest BCUT2D eigenvalue weighted by Crippen LogP contribution is 2.26. The minimum atomic E-state index is -0.0461. The third-order valence-electron chi connectivity index (χ3n) is 4.89. The summed E-state index contributed by atoms with van der Waals surface area (Å²) in [4.78, 5) is 0. The zero-order chi connectivity index (χ0) is 17.7. The molecule has 3 heteroatoms. The summed E-state index contributed by atoms with van der Waals surface area (Å²) in [5.41, 5.74) is 1.23. The molecule has 1 aromatic rings. The van der Waals surface area contributed by atoms with Crippen molar-refractivity contribution in [2.24, 2.45) is 0 Å². The quantitative estimate of drug-likeness (QED) is 0.443. The molecule has 3 nitrogen and oxygen atoms in total. The van der Waals surface area contributed by atoms with Crippen LogP contribution in [0.4, 0.5) is 0 Å². The number of ether oxygens (including phenoxy) is 3. The molecule has 0 spiro atoms. The second-order valence-electron chi connectivity index (χ2n) is 7.12. The Morgan fingerprint density at radius 2 is 1.72 bits per heavy atom. The van der Waals surface area contributed by atoms with Crippen molar-refractivity contribution in [3.05, 3.63) is 35.9 Å². The molecule has 0 amide bonds. The maximum absolute atomic E-state index is 6.19. The van der Waals surface area contributed by atoms with Gasteiger partial charge in [0.05, 0.1) is 18.8 Å². The van der Waals surface area contributed by atoms with Gasteiger partial charge in [-0.15, -0.1) is 0 Å². The van der Waals surface area contributed by atoms with Gasteiger partial charge in [-0.3, -0.25) is 0 Å². The first-order chi connectivity index (χ1) is 12.3. The van der Waals surface area contributed by atoms with Gasteiger partial charge in [0.15, 0.2) is 6.29 Å². The van der Waals surface area contributed by atoms with Crippen molar-refractivity contribution in [2.45, 2.75) is 96.7 Å². The Kier molecular flexibility index (Phi) is 10.2. The monoisotopic (exact) mass is 348 g/mol. The highest BCUT2D eigenvalue weighted by molar-refractivity contribution is 5.13. The fourth-order valence-corrected chi connectivity index (χ4v) is 3.37. The molecule has 0 aromatic heterocycles. The van der Waals surface area contributed by atoms with E-state index in [0.717, 1.165) is 32.3 Å². The molecule has 1 aliphatic rings. The summed E-state index contributed by atoms with van der Waals surface area (Å²) in [6, 6.07) is 10.3. The highest BCUT2D eigenvalue weighted by atomic mass is 16.7. The topological polar surface area (TPSA) is 27.7 Å². The van der Waals surface area contributed by atoms with Crippen LogP contribution in [0.15, 0.2) is 30.3 Å². The largest absolute Gasteiger partial charge is 0.377 e. The zero-order valence-corrected chi connectivity index (χ0v) is 16.1. The first-order valence-corrected chi connectivity index (χ1v) is 10.2. The van der Waals surface area contributed by atoms with Gasteiger partial charge in [-0.1, -0.05) is 69.9 Å². The Labute approximate surface area is 154 Å². The average molecular weight is 349 g/mol. The Balaban J connectivity index is 1.62. The van der Waals surface area contributed by atoms with E-state index in [-0.39, 0.29) is 6.29 Å². The van der Waals surface area contributed by atoms with Gasteiger partial charge in [-0.25, -0.2) is 0 Å². The van der Waals surface area contributed by atoms with Crippen LogP contribution in [0.2, 0.25) is 0 Å². The van der Waals surface area contributed by atoms with Gasteiger partial charge in [0.2, 0.25) is 0 Å². The molecule has 25 heavy (non-hydrogen) atoms. The normalized spacial score (nSPS) is 23.7. The lowest BCUT2D eigenvalue weighted by Gasteiger charge is -2.35. The lowest BCUT2D eigenvalue weighted by molar-refractivity contribution is -0.247. The standard InChI is InChI=1S/C22H36O3/c1-3-5-6-10-14-21-17-20(4-2)24-22(25-21)15-11-16-23-18-19-12-8-7-9-13-19/h7-9,12-13,20-22H,3-6,10-11,14-18H2,1-2H3/t20-,21-,22+/m0/s1. The Morgan fingerprint density at radius 3 is 2.48 bits per heavy atom. The van der Waals surface area contributed by atoms with Gasteiger partial charge in [0, 0.05) is 13.0 Å². The molecule has 0 unspecified atom stereocenters. The van der Waals surface area contributed by atoms with Gasteiger partial charge < -0.3 is 14.2 Å². The summed E-state index contributed by atoms with van der Waals surface area (Å²) in [5, 5.41) is 0. The predicted molar refractivity (Wildman–Crippen MR) is 103 cm³/mol. The molecular weight excluding hydrogens is 312 g/mol. The molecule has 142 valence electrons. The van der Waals surface area contributed by atoms with Gasteiger partial charge in [-0.05, 0) is 31.2 Å². The summed E-state index contributed by atoms with van der Waals surface area (Å²) < 4.78 is 18.0. The van der Waals surface area contributed by atoms with Gasteiger partial charge in [0.25, 0.3) is 0 Å². The molecule has 1 heterocycles. The molecule has 0 aliphatic carbocycles. The lowest BCUT2D eigenvalue weighted by Crippen LogP contribution is -2.38. The molecular formula is C22H36O3. The Hall–Kier alpha value is -0.900. The lowest BCUT2D eigenvalue weighted by atomic mass is 10.0. The van der Waals surface area contributed by atoms with Crippen molar-refractivity contribution < 1.29 is 14.2 Å². The predicted octanol–water partition coefficient (Wildman–Crippen LogP) is 5.86. The fraction of sp³-hybridized carbons (Fsp3) is 0.727. The van der Waals surface area contributed by atoms with Crippen molar-refractivity contribution in [3.8, 4) is 0 Å². The number of hydrogen-bond acceptors (Lipinski definition) is 3. The van der Waals surface area contributed by atoms with Crippen LogP contribution >= 0.6 is 0 Å². The number of hydrogen-bond donors (Lipinski definition) is 0. The SMILES string of the molecule is CCCCCC[C@H]1C[C@H](CC)O[C@@H](CCCOCc2ccccc2)O1. The number of benzene rings is 1. The van der Waals surface area contributed by atoms with E-state index in [0.29, 0.717) is 18.8 Å². The van der Waals surface area contributed by atoms with E-state index in [4.69, 9.17) is 14.2 Å². The maximum atomic E-state index is 6.19. The van der Waals surface area contributed by atoms with Crippen molar-refractivity contribution in [3.63, 3.8) is 0 Å². The van der Waals surface area contributed by atoms with Gasteiger partial charge in [0.1, 0.15) is 0 Å². The first kappa shape index (κ1) is 20.4. The van der Waals surface area contributed by atoms with Crippen LogP contribution in [0.5, 0.6) is 0 Å². The van der Waals surface area contributed by atoms with Crippen LogP contribution in [0, 0.1) is 0 Å². The third-order valence-corrected chi connectivity index (χ3v) is 4.89. The minimum absolute atomic E-state index is 0.0461. The van der Waals surface area contributed by atoms with E-state index >= 15 is 0 Å². The van der Waals surface area contributed by atoms with Crippen LogP contribution in [-0.2, 0) is 20.8 Å². The van der Waals surface area contributed by atoms with Crippen molar-refractivity contribution in [2.75, 3.05) is 6.61 Å². The highest BCUT2D eigenvalue weighted by Gasteiger charge is 2.28. The summed E-state index contributed by atoms with van der Waals surface area (Å²) in [6.45, 7) is 5.92. The molecule has 0 N–H and O–H groups in total. The van der Waals surface area contributed by atoms with Crippen molar-refractivity contribution in [1.29, 1.82) is 0 Å². The van der Waals surface area contributed by atoms with Gasteiger partial charge >= 0.3 is 0 Å². The van der Waals surface area contributed by atoms with E-state index in [1.165, 1.54) is 37.7 Å². The van der Waals surface area contributed by atoms with Crippen LogP contribution in [0.3, 0.4) is 0 Å². The van der Waals surface area contributed by atoms with Crippen LogP contribution < -0.4 is 0 Å². The Bertz CT molecular complexity index is 434. The molecule has 1 saturated heterocycles. The Morgan fingerprint density at radius 1 is 0.920 bits per heavy atom. The fourth-order valence-electron chi connectivity index (χ4n) is 3.37. The molecule has 0 bridgehead atoms. The zero-order valence-electron chi connectivity index (χ0n) is 16.1. The molecule has 1 aromatic carbocycles. The second-order valence-corrected chi connectivity index (χ2v) is 7.12. The van der Waals surface area contributed by atoms with Crippen LogP contribution in [0.25, 0.3) is 0 Å². The van der Waals surface area contributed by atoms with E-state index < -0.39 is 0 Å². The van der Waals surface area contributed by atoms with Crippen LogP contribution in [0.1, 0.15) is 77.2 Å². The van der Waals surface area contributed by atoms with Crippen LogP contribution in [-0.4, -0.2) is 25.1 Å². The molecule has 0 radical (unpaired) electrons. The molecule has 1 aliphatic heterocycles. The van der Waals surface area contributed by atoms with E-state index in [2.05, 4.69) is 26.0 Å². The van der Waals surface area contributed by atoms with Crippen molar-refractivity contribution >= 4 is 0 Å². The summed E-state index contributed by atoms with van der Waals surface area (Å²) in [7, 11) is 0. The minimum Gasteiger partial charge on any atom is -0.377 e. The summed E-state index contributed by atoms with van der Waals surface area (Å²) in [6.07, 6.45) is 11.2. The molecule has 0 saturated carbocycles. The van der Waals surface area contributed by atoms with E-state index in [9.17, 15) is 0 Å². The third kappa shape index (κ3) is 8.35. The summed E-state index contributed by atoms with van der Waals surface area (Å²) in [5.74, 6) is 0.